The van der Waals surface area contributed by atoms with Crippen molar-refractivity contribution in [1.29, 1.82) is 0 Å². The van der Waals surface area contributed by atoms with Gasteiger partial charge in [0.1, 0.15) is 5.75 Å². The van der Waals surface area contributed by atoms with Gasteiger partial charge in [-0.25, -0.2) is 4.79 Å². The summed E-state index contributed by atoms with van der Waals surface area (Å²) in [5, 5.41) is 9.90. The van der Waals surface area contributed by atoms with Crippen molar-refractivity contribution in [3.63, 3.8) is 0 Å². The number of phenolic OH excluding ortho intramolecular Hbond substituents is 1. The maximum Gasteiger partial charge on any atom is 0.335 e. The summed E-state index contributed by atoms with van der Waals surface area (Å²) in [6.45, 7) is 4.27. The number of carbonyl (C=O) groups excluding carboxylic acids is 1. The highest BCUT2D eigenvalue weighted by molar-refractivity contribution is 5.75. The van der Waals surface area contributed by atoms with E-state index >= 15 is 0 Å². The molecular weight excluding hydrogens is 268 g/mol. The smallest absolute Gasteiger partial charge is 0.335 e. The van der Waals surface area contributed by atoms with Crippen LogP contribution in [-0.2, 0) is 27.1 Å². The Morgan fingerprint density at radius 3 is 2.67 bits per heavy atom. The SMILES string of the molecule is CCCCCc1cc(C[C@H](OC)C(=O)OCC)ccc1O. The third-order valence-electron chi connectivity index (χ3n) is 3.45. The van der Waals surface area contributed by atoms with Gasteiger partial charge in [-0.3, -0.25) is 0 Å². The average Bonchev–Trinajstić information content (AvgIpc) is 2.48. The van der Waals surface area contributed by atoms with Gasteiger partial charge in [-0.2, -0.15) is 0 Å². The fraction of sp³-hybridized carbons (Fsp3) is 0.588. The Labute approximate surface area is 127 Å². The largest absolute Gasteiger partial charge is 0.508 e. The Hall–Kier alpha value is -1.55. The maximum atomic E-state index is 11.7. The molecule has 0 fully saturated rings. The molecule has 0 radical (unpaired) electrons. The number of benzene rings is 1. The van der Waals surface area contributed by atoms with E-state index in [4.69, 9.17) is 9.47 Å². The van der Waals surface area contributed by atoms with Crippen molar-refractivity contribution in [3.8, 4) is 5.75 Å². The number of aromatic hydroxyl groups is 1. The van der Waals surface area contributed by atoms with Crippen molar-refractivity contribution in [2.75, 3.05) is 13.7 Å². The first kappa shape index (κ1) is 17.5. The quantitative estimate of drug-likeness (QED) is 0.561. The van der Waals surface area contributed by atoms with Crippen molar-refractivity contribution in [1.82, 2.24) is 0 Å². The third kappa shape index (κ3) is 5.76. The topological polar surface area (TPSA) is 55.8 Å². The first-order valence-corrected chi connectivity index (χ1v) is 7.62. The predicted molar refractivity (Wildman–Crippen MR) is 82.5 cm³/mol. The Morgan fingerprint density at radius 1 is 1.29 bits per heavy atom. The molecule has 118 valence electrons. The van der Waals surface area contributed by atoms with Crippen LogP contribution in [0.1, 0.15) is 44.2 Å². The lowest BCUT2D eigenvalue weighted by molar-refractivity contribution is -0.154. The highest BCUT2D eigenvalue weighted by atomic mass is 16.6. The molecule has 21 heavy (non-hydrogen) atoms. The second-order valence-corrected chi connectivity index (χ2v) is 5.10. The van der Waals surface area contributed by atoms with Gasteiger partial charge in [0.15, 0.2) is 6.10 Å². The summed E-state index contributed by atoms with van der Waals surface area (Å²) in [4.78, 5) is 11.7. The second kappa shape index (κ2) is 9.40. The zero-order chi connectivity index (χ0) is 15.7. The highest BCUT2D eigenvalue weighted by Crippen LogP contribution is 2.22. The number of hydrogen-bond acceptors (Lipinski definition) is 4. The molecule has 0 spiro atoms. The van der Waals surface area contributed by atoms with Gasteiger partial charge in [0.25, 0.3) is 0 Å². The molecule has 0 saturated carbocycles. The Balaban J connectivity index is 2.73. The molecule has 0 aliphatic rings. The molecule has 0 heterocycles. The molecule has 1 N–H and O–H groups in total. The Bertz CT molecular complexity index is 442. The second-order valence-electron chi connectivity index (χ2n) is 5.10. The molecule has 4 heteroatoms. The van der Waals surface area contributed by atoms with Gasteiger partial charge in [-0.15, -0.1) is 0 Å². The minimum atomic E-state index is -0.599. The number of aryl methyl sites for hydroxylation is 1. The van der Waals surface area contributed by atoms with Crippen molar-refractivity contribution in [2.24, 2.45) is 0 Å². The van der Waals surface area contributed by atoms with E-state index in [-0.39, 0.29) is 5.97 Å². The number of hydrogen-bond donors (Lipinski definition) is 1. The third-order valence-corrected chi connectivity index (χ3v) is 3.45. The van der Waals surface area contributed by atoms with Crippen LogP contribution in [0.2, 0.25) is 0 Å². The zero-order valence-corrected chi connectivity index (χ0v) is 13.2. The molecule has 0 saturated heterocycles. The molecule has 0 bridgehead atoms. The number of esters is 1. The molecule has 0 amide bonds. The molecule has 4 nitrogen and oxygen atoms in total. The summed E-state index contributed by atoms with van der Waals surface area (Å²) in [6.07, 6.45) is 4.06. The zero-order valence-electron chi connectivity index (χ0n) is 13.2. The lowest BCUT2D eigenvalue weighted by Gasteiger charge is -2.15. The number of phenols is 1. The van der Waals surface area contributed by atoms with E-state index in [0.717, 1.165) is 36.8 Å². The molecule has 0 aliphatic heterocycles. The summed E-state index contributed by atoms with van der Waals surface area (Å²) >= 11 is 0. The molecule has 0 unspecified atom stereocenters. The van der Waals surface area contributed by atoms with E-state index < -0.39 is 6.10 Å². The summed E-state index contributed by atoms with van der Waals surface area (Å²) in [5.74, 6) is -0.0273. The van der Waals surface area contributed by atoms with E-state index in [9.17, 15) is 9.90 Å². The van der Waals surface area contributed by atoms with Gasteiger partial charge < -0.3 is 14.6 Å². The van der Waals surface area contributed by atoms with E-state index in [0.29, 0.717) is 18.8 Å². The van der Waals surface area contributed by atoms with Gasteiger partial charge in [0.05, 0.1) is 6.61 Å². The van der Waals surface area contributed by atoms with Crippen LogP contribution in [0, 0.1) is 0 Å². The fourth-order valence-corrected chi connectivity index (χ4v) is 2.24. The number of methoxy groups -OCH3 is 1. The predicted octanol–water partition coefficient (Wildman–Crippen LogP) is 3.25. The molecule has 1 aromatic carbocycles. The van der Waals surface area contributed by atoms with Gasteiger partial charge in [-0.1, -0.05) is 31.9 Å². The van der Waals surface area contributed by atoms with Crippen molar-refractivity contribution in [3.05, 3.63) is 29.3 Å². The van der Waals surface area contributed by atoms with Crippen molar-refractivity contribution in [2.45, 2.75) is 52.1 Å². The Kier molecular flexibility index (Phi) is 7.83. The van der Waals surface area contributed by atoms with Crippen LogP contribution in [-0.4, -0.2) is 30.9 Å². The summed E-state index contributed by atoms with van der Waals surface area (Å²) in [6, 6.07) is 5.47. The maximum absolute atomic E-state index is 11.7. The first-order chi connectivity index (χ1) is 10.1. The van der Waals surface area contributed by atoms with E-state index in [2.05, 4.69) is 6.92 Å². The molecule has 1 aromatic rings. The highest BCUT2D eigenvalue weighted by Gasteiger charge is 2.20. The Morgan fingerprint density at radius 2 is 2.05 bits per heavy atom. The number of carbonyl (C=O) groups is 1. The van der Waals surface area contributed by atoms with Crippen LogP contribution < -0.4 is 0 Å². The fourth-order valence-electron chi connectivity index (χ4n) is 2.24. The van der Waals surface area contributed by atoms with Crippen LogP contribution in [0.3, 0.4) is 0 Å². The van der Waals surface area contributed by atoms with Gasteiger partial charge in [0.2, 0.25) is 0 Å². The summed E-state index contributed by atoms with van der Waals surface area (Å²) < 4.78 is 10.2. The normalized spacial score (nSPS) is 12.1. The number of unbranched alkanes of at least 4 members (excludes halogenated alkanes) is 2. The van der Waals surface area contributed by atoms with Crippen LogP contribution >= 0.6 is 0 Å². The average molecular weight is 294 g/mol. The number of rotatable bonds is 9. The van der Waals surface area contributed by atoms with Crippen LogP contribution in [0.15, 0.2) is 18.2 Å². The van der Waals surface area contributed by atoms with Crippen molar-refractivity contribution < 1.29 is 19.4 Å². The number of ether oxygens (including phenoxy) is 2. The lowest BCUT2D eigenvalue weighted by Crippen LogP contribution is -2.27. The van der Waals surface area contributed by atoms with Gasteiger partial charge in [-0.05, 0) is 37.0 Å². The van der Waals surface area contributed by atoms with Crippen LogP contribution in [0.25, 0.3) is 0 Å². The van der Waals surface area contributed by atoms with E-state index in [1.165, 1.54) is 7.11 Å². The monoisotopic (exact) mass is 294 g/mol. The van der Waals surface area contributed by atoms with Crippen molar-refractivity contribution >= 4 is 5.97 Å². The summed E-state index contributed by atoms with van der Waals surface area (Å²) in [7, 11) is 1.50. The molecule has 1 atom stereocenters. The lowest BCUT2D eigenvalue weighted by atomic mass is 10.0. The van der Waals surface area contributed by atoms with Gasteiger partial charge in [0, 0.05) is 13.5 Å². The van der Waals surface area contributed by atoms with E-state index in [1.807, 2.05) is 12.1 Å². The van der Waals surface area contributed by atoms with Gasteiger partial charge >= 0.3 is 5.97 Å². The summed E-state index contributed by atoms with van der Waals surface area (Å²) in [5.41, 5.74) is 1.90. The molecule has 0 aliphatic carbocycles. The molecule has 1 rings (SSSR count). The standard InChI is InChI=1S/C17H26O4/c1-4-6-7-8-14-11-13(9-10-15(14)18)12-16(20-3)17(19)21-5-2/h9-11,16,18H,4-8,12H2,1-3H3/t16-/m0/s1. The minimum absolute atomic E-state index is 0.319. The van der Waals surface area contributed by atoms with E-state index in [1.54, 1.807) is 13.0 Å². The molecular formula is C17H26O4. The first-order valence-electron chi connectivity index (χ1n) is 7.62. The van der Waals surface area contributed by atoms with Crippen LogP contribution in [0.5, 0.6) is 5.75 Å². The van der Waals surface area contributed by atoms with Crippen LogP contribution in [0.4, 0.5) is 0 Å². The molecule has 0 aromatic heterocycles. The minimum Gasteiger partial charge on any atom is -0.508 e.